The van der Waals surface area contributed by atoms with Crippen LogP contribution in [0.15, 0.2) is 65.8 Å². The Labute approximate surface area is 165 Å². The fourth-order valence-corrected chi connectivity index (χ4v) is 4.00. The first-order valence-electron chi connectivity index (χ1n) is 10.1. The first-order valence-corrected chi connectivity index (χ1v) is 10.1. The first-order chi connectivity index (χ1) is 13.8. The van der Waals surface area contributed by atoms with Gasteiger partial charge in [-0.05, 0) is 54.8 Å². The molecule has 28 heavy (non-hydrogen) atoms. The van der Waals surface area contributed by atoms with Crippen LogP contribution < -0.4 is 4.74 Å². The van der Waals surface area contributed by atoms with Gasteiger partial charge in [0.05, 0.1) is 16.9 Å². The molecular formula is C24H26N2O2. The zero-order chi connectivity index (χ0) is 19.2. The van der Waals surface area contributed by atoms with Gasteiger partial charge in [-0.15, -0.1) is 0 Å². The van der Waals surface area contributed by atoms with E-state index in [1.165, 1.54) is 25.7 Å². The van der Waals surface area contributed by atoms with E-state index < -0.39 is 0 Å². The average molecular weight is 374 g/mol. The van der Waals surface area contributed by atoms with Gasteiger partial charge in [0.2, 0.25) is 0 Å². The summed E-state index contributed by atoms with van der Waals surface area (Å²) in [6.45, 7) is 0.424. The molecule has 1 N–H and O–H groups in total. The molecule has 4 heteroatoms. The minimum Gasteiger partial charge on any atom is -0.487 e. The molecule has 0 saturated heterocycles. The third-order valence-corrected chi connectivity index (χ3v) is 5.54. The second-order valence-corrected chi connectivity index (χ2v) is 7.48. The maximum atomic E-state index is 9.58. The van der Waals surface area contributed by atoms with Crippen LogP contribution in [-0.2, 0) is 6.61 Å². The molecule has 1 aliphatic rings. The molecule has 0 spiro atoms. The number of benzene rings is 2. The molecule has 3 aromatic rings. The number of fused-ring (bicyclic) bond motifs is 1. The maximum Gasteiger partial charge on any atom is 0.130 e. The average Bonchev–Trinajstić information content (AvgIpc) is 3.03. The van der Waals surface area contributed by atoms with Gasteiger partial charge >= 0.3 is 0 Å². The van der Waals surface area contributed by atoms with Crippen LogP contribution in [0, 0.1) is 5.92 Å². The summed E-state index contributed by atoms with van der Waals surface area (Å²) in [5.74, 6) is 1.14. The zero-order valence-electron chi connectivity index (χ0n) is 16.1. The Morgan fingerprint density at radius 2 is 1.68 bits per heavy atom. The molecule has 144 valence electrons. The molecule has 2 aromatic carbocycles. The van der Waals surface area contributed by atoms with Gasteiger partial charge in [0, 0.05) is 11.3 Å². The number of rotatable bonds is 5. The minimum absolute atomic E-state index is 0.348. The molecule has 4 nitrogen and oxygen atoms in total. The lowest BCUT2D eigenvalue weighted by Crippen LogP contribution is -2.15. The maximum absolute atomic E-state index is 9.58. The highest BCUT2D eigenvalue weighted by Crippen LogP contribution is 2.27. The third kappa shape index (κ3) is 4.33. The zero-order valence-corrected chi connectivity index (χ0v) is 16.1. The van der Waals surface area contributed by atoms with Crippen molar-refractivity contribution in [2.24, 2.45) is 11.1 Å². The van der Waals surface area contributed by atoms with Gasteiger partial charge in [-0.3, -0.25) is 0 Å². The SMILES string of the molecule is ON=C(c1ccc(OCc2ccc3ccccc3n2)cc1)C1CCCCCC1. The van der Waals surface area contributed by atoms with Crippen molar-refractivity contribution in [3.63, 3.8) is 0 Å². The van der Waals surface area contributed by atoms with Gasteiger partial charge in [-0.25, -0.2) is 4.98 Å². The fourth-order valence-electron chi connectivity index (χ4n) is 4.00. The van der Waals surface area contributed by atoms with E-state index in [2.05, 4.69) is 22.3 Å². The van der Waals surface area contributed by atoms with E-state index in [4.69, 9.17) is 4.74 Å². The molecule has 1 fully saturated rings. The largest absolute Gasteiger partial charge is 0.487 e. The molecule has 1 saturated carbocycles. The van der Waals surface area contributed by atoms with Crippen LogP contribution in [0.2, 0.25) is 0 Å². The molecule has 4 rings (SSSR count). The highest BCUT2D eigenvalue weighted by molar-refractivity contribution is 6.02. The van der Waals surface area contributed by atoms with Crippen molar-refractivity contribution in [2.45, 2.75) is 45.1 Å². The molecular weight excluding hydrogens is 348 g/mol. The van der Waals surface area contributed by atoms with Crippen LogP contribution in [0.5, 0.6) is 5.75 Å². The Morgan fingerprint density at radius 3 is 2.43 bits per heavy atom. The molecule has 1 aliphatic carbocycles. The van der Waals surface area contributed by atoms with E-state index in [0.717, 1.165) is 46.5 Å². The van der Waals surface area contributed by atoms with E-state index >= 15 is 0 Å². The Bertz CT molecular complexity index is 942. The van der Waals surface area contributed by atoms with E-state index in [1.807, 2.05) is 48.5 Å². The molecule has 0 unspecified atom stereocenters. The van der Waals surface area contributed by atoms with Crippen molar-refractivity contribution in [2.75, 3.05) is 0 Å². The number of nitrogens with zero attached hydrogens (tertiary/aromatic N) is 2. The summed E-state index contributed by atoms with van der Waals surface area (Å²) < 4.78 is 5.91. The second kappa shape index (κ2) is 8.87. The van der Waals surface area contributed by atoms with Crippen molar-refractivity contribution in [3.05, 3.63) is 71.9 Å². The number of hydrogen-bond acceptors (Lipinski definition) is 4. The van der Waals surface area contributed by atoms with Crippen LogP contribution in [0.1, 0.15) is 49.8 Å². The number of hydrogen-bond donors (Lipinski definition) is 1. The molecule has 0 radical (unpaired) electrons. The second-order valence-electron chi connectivity index (χ2n) is 7.48. The lowest BCUT2D eigenvalue weighted by molar-refractivity contribution is 0.301. The number of pyridine rings is 1. The fraction of sp³-hybridized carbons (Fsp3) is 0.333. The van der Waals surface area contributed by atoms with Gasteiger partial charge in [-0.1, -0.05) is 55.1 Å². The van der Waals surface area contributed by atoms with Gasteiger partial charge in [0.25, 0.3) is 0 Å². The summed E-state index contributed by atoms with van der Waals surface area (Å²) in [5, 5.41) is 14.4. The summed E-state index contributed by atoms with van der Waals surface area (Å²) in [7, 11) is 0. The highest BCUT2D eigenvalue weighted by Gasteiger charge is 2.20. The predicted molar refractivity (Wildman–Crippen MR) is 112 cm³/mol. The summed E-state index contributed by atoms with van der Waals surface area (Å²) in [4.78, 5) is 4.64. The number of aromatic nitrogens is 1. The smallest absolute Gasteiger partial charge is 0.130 e. The summed E-state index contributed by atoms with van der Waals surface area (Å²) in [6, 6.07) is 20.0. The predicted octanol–water partition coefficient (Wildman–Crippen LogP) is 5.96. The molecule has 1 aromatic heterocycles. The van der Waals surface area contributed by atoms with Crippen LogP contribution in [0.3, 0.4) is 0 Å². The Hall–Kier alpha value is -2.88. The first kappa shape index (κ1) is 18.5. The molecule has 0 atom stereocenters. The Kier molecular flexibility index (Phi) is 5.86. The van der Waals surface area contributed by atoms with Crippen LogP contribution in [-0.4, -0.2) is 15.9 Å². The van der Waals surface area contributed by atoms with Crippen LogP contribution >= 0.6 is 0 Å². The van der Waals surface area contributed by atoms with E-state index in [9.17, 15) is 5.21 Å². The summed E-state index contributed by atoms with van der Waals surface area (Å²) in [5.41, 5.74) is 3.67. The van der Waals surface area contributed by atoms with E-state index in [-0.39, 0.29) is 0 Å². The Morgan fingerprint density at radius 1 is 0.929 bits per heavy atom. The van der Waals surface area contributed by atoms with Gasteiger partial charge < -0.3 is 9.94 Å². The van der Waals surface area contributed by atoms with E-state index in [1.54, 1.807) is 0 Å². The monoisotopic (exact) mass is 374 g/mol. The number of oxime groups is 1. The van der Waals surface area contributed by atoms with Crippen molar-refractivity contribution in [1.82, 2.24) is 4.98 Å². The van der Waals surface area contributed by atoms with Gasteiger partial charge in [0.1, 0.15) is 12.4 Å². The van der Waals surface area contributed by atoms with Crippen molar-refractivity contribution < 1.29 is 9.94 Å². The topological polar surface area (TPSA) is 54.7 Å². The number of para-hydroxylation sites is 1. The lowest BCUT2D eigenvalue weighted by atomic mass is 9.90. The van der Waals surface area contributed by atoms with Crippen molar-refractivity contribution >= 4 is 16.6 Å². The molecule has 0 aliphatic heterocycles. The Balaban J connectivity index is 1.42. The van der Waals surface area contributed by atoms with Crippen molar-refractivity contribution in [3.8, 4) is 5.75 Å². The van der Waals surface area contributed by atoms with Crippen molar-refractivity contribution in [1.29, 1.82) is 0 Å². The normalized spacial score (nSPS) is 16.1. The third-order valence-electron chi connectivity index (χ3n) is 5.54. The number of ether oxygens (including phenoxy) is 1. The minimum atomic E-state index is 0.348. The van der Waals surface area contributed by atoms with Gasteiger partial charge in [0.15, 0.2) is 0 Å². The quantitative estimate of drug-likeness (QED) is 0.259. The molecule has 0 amide bonds. The lowest BCUT2D eigenvalue weighted by Gasteiger charge is -2.16. The van der Waals surface area contributed by atoms with E-state index in [0.29, 0.717) is 12.5 Å². The van der Waals surface area contributed by atoms with Crippen LogP contribution in [0.4, 0.5) is 0 Å². The van der Waals surface area contributed by atoms with Gasteiger partial charge in [-0.2, -0.15) is 0 Å². The highest BCUT2D eigenvalue weighted by atomic mass is 16.5. The van der Waals surface area contributed by atoms with Crippen LogP contribution in [0.25, 0.3) is 10.9 Å². The standard InChI is InChI=1S/C24H26N2O2/c27-26-24(19-8-3-1-2-4-9-19)20-12-15-22(16-13-20)28-17-21-14-11-18-7-5-6-10-23(18)25-21/h5-7,10-16,19,27H,1-4,8-9,17H2. The molecule has 1 heterocycles. The summed E-state index contributed by atoms with van der Waals surface area (Å²) in [6.07, 6.45) is 7.19. The molecule has 0 bridgehead atoms. The summed E-state index contributed by atoms with van der Waals surface area (Å²) >= 11 is 0.